The first-order valence-corrected chi connectivity index (χ1v) is 12.0. The smallest absolute Gasteiger partial charge is 0.272 e. The van der Waals surface area contributed by atoms with E-state index in [-0.39, 0.29) is 11.3 Å². The molecular weight excluding hydrogens is 424 g/mol. The van der Waals surface area contributed by atoms with Crippen LogP contribution in [0.1, 0.15) is 65.9 Å². The minimum atomic E-state index is -0.516. The molecule has 0 saturated carbocycles. The Balaban J connectivity index is 1.30. The Morgan fingerprint density at radius 3 is 2.85 bits per heavy atom. The van der Waals surface area contributed by atoms with Crippen molar-refractivity contribution in [2.45, 2.75) is 44.1 Å². The van der Waals surface area contributed by atoms with Crippen molar-refractivity contribution >= 4 is 11.6 Å². The number of hydrogen-bond acceptors (Lipinski definition) is 4. The summed E-state index contributed by atoms with van der Waals surface area (Å²) in [4.78, 5) is 19.6. The molecule has 1 aliphatic heterocycles. The van der Waals surface area contributed by atoms with Crippen molar-refractivity contribution in [3.8, 4) is 11.1 Å². The lowest BCUT2D eigenvalue weighted by Gasteiger charge is -2.25. The highest BCUT2D eigenvalue weighted by Gasteiger charge is 2.48. The zero-order valence-electron chi connectivity index (χ0n) is 19.5. The van der Waals surface area contributed by atoms with Crippen LogP contribution in [0.5, 0.6) is 0 Å². The molecule has 6 rings (SSSR count). The number of likely N-dealkylation sites (tertiary alicyclic amines) is 1. The Kier molecular flexibility index (Phi) is 4.81. The van der Waals surface area contributed by atoms with Crippen LogP contribution in [0.2, 0.25) is 0 Å². The van der Waals surface area contributed by atoms with Gasteiger partial charge in [-0.2, -0.15) is 5.10 Å². The van der Waals surface area contributed by atoms with E-state index in [1.54, 1.807) is 29.0 Å². The topological polar surface area (TPSA) is 70.7 Å². The van der Waals surface area contributed by atoms with E-state index in [2.05, 4.69) is 66.4 Å². The van der Waals surface area contributed by atoms with Crippen LogP contribution in [0, 0.1) is 0 Å². The van der Waals surface area contributed by atoms with E-state index in [1.165, 1.54) is 16.7 Å². The molecular formula is C28H28N4O2. The number of amides is 1. The van der Waals surface area contributed by atoms with E-state index < -0.39 is 6.10 Å². The van der Waals surface area contributed by atoms with E-state index >= 15 is 0 Å². The molecule has 1 spiro atoms. The number of aliphatic hydroxyl groups excluding tert-OH is 1. The summed E-state index contributed by atoms with van der Waals surface area (Å²) < 4.78 is 1.65. The molecule has 1 N–H and O–H groups in total. The normalized spacial score (nSPS) is 21.6. The number of carbonyl (C=O) groups excluding carboxylic acids is 1. The van der Waals surface area contributed by atoms with Gasteiger partial charge in [-0.3, -0.25) is 4.79 Å². The summed E-state index contributed by atoms with van der Waals surface area (Å²) in [6, 6.07) is 18.5. The average molecular weight is 453 g/mol. The molecule has 6 nitrogen and oxygen atoms in total. The molecule has 2 aromatic carbocycles. The van der Waals surface area contributed by atoms with Crippen LogP contribution in [0.3, 0.4) is 0 Å². The number of fused-ring (bicyclic) bond motifs is 3. The first-order chi connectivity index (χ1) is 16.4. The van der Waals surface area contributed by atoms with E-state index in [9.17, 15) is 9.90 Å². The van der Waals surface area contributed by atoms with Crippen molar-refractivity contribution in [3.05, 3.63) is 89.4 Å². The predicted octanol–water partition coefficient (Wildman–Crippen LogP) is 4.74. The number of benzene rings is 2. The van der Waals surface area contributed by atoms with Gasteiger partial charge in [-0.25, -0.2) is 9.50 Å². The second-order valence-electron chi connectivity index (χ2n) is 9.97. The van der Waals surface area contributed by atoms with Gasteiger partial charge in [0.25, 0.3) is 5.91 Å². The number of carbonyl (C=O) groups is 1. The first kappa shape index (κ1) is 21.1. The summed E-state index contributed by atoms with van der Waals surface area (Å²) in [6.45, 7) is 5.68. The predicted molar refractivity (Wildman–Crippen MR) is 131 cm³/mol. The molecule has 2 atom stereocenters. The number of rotatable bonds is 3. The van der Waals surface area contributed by atoms with E-state index in [4.69, 9.17) is 0 Å². The van der Waals surface area contributed by atoms with Crippen molar-refractivity contribution in [1.29, 1.82) is 0 Å². The van der Waals surface area contributed by atoms with Crippen molar-refractivity contribution < 1.29 is 9.90 Å². The van der Waals surface area contributed by atoms with Crippen LogP contribution in [0.15, 0.2) is 67.0 Å². The van der Waals surface area contributed by atoms with E-state index in [1.807, 2.05) is 4.90 Å². The molecule has 4 aromatic rings. The van der Waals surface area contributed by atoms with Crippen LogP contribution in [0.4, 0.5) is 0 Å². The van der Waals surface area contributed by atoms with Crippen LogP contribution < -0.4 is 0 Å². The molecule has 1 saturated heterocycles. The second-order valence-corrected chi connectivity index (χ2v) is 9.97. The van der Waals surface area contributed by atoms with Gasteiger partial charge < -0.3 is 10.0 Å². The Morgan fingerprint density at radius 2 is 2.00 bits per heavy atom. The van der Waals surface area contributed by atoms with Crippen LogP contribution in [-0.4, -0.2) is 43.6 Å². The molecule has 1 amide bonds. The van der Waals surface area contributed by atoms with E-state index in [0.29, 0.717) is 36.8 Å². The van der Waals surface area contributed by atoms with Gasteiger partial charge in [-0.1, -0.05) is 50.2 Å². The standard InChI is InChI=1S/C28H28N4O2/c1-18(2)20-5-3-4-6-21(20)19-7-8-23-22(15-19)25(33)16-28(23)11-14-31(17-28)27(34)24-10-13-32-26(30-24)9-12-29-32/h3-10,12-13,15,18,25,33H,11,14,16-17H2,1-2H3. The Bertz CT molecular complexity index is 1410. The van der Waals surface area contributed by atoms with Crippen LogP contribution >= 0.6 is 0 Å². The number of hydrogen-bond donors (Lipinski definition) is 1. The Labute approximate surface area is 198 Å². The Hall–Kier alpha value is -3.51. The highest BCUT2D eigenvalue weighted by molar-refractivity contribution is 5.93. The molecule has 0 bridgehead atoms. The molecule has 2 aliphatic rings. The summed E-state index contributed by atoms with van der Waals surface area (Å²) in [5.41, 5.74) is 6.75. The minimum Gasteiger partial charge on any atom is -0.388 e. The fraction of sp³-hybridized carbons (Fsp3) is 0.321. The van der Waals surface area contributed by atoms with Crippen LogP contribution in [-0.2, 0) is 5.41 Å². The molecule has 2 aromatic heterocycles. The maximum Gasteiger partial charge on any atom is 0.272 e. The summed E-state index contributed by atoms with van der Waals surface area (Å²) in [5, 5.41) is 15.2. The number of aliphatic hydroxyl groups is 1. The summed E-state index contributed by atoms with van der Waals surface area (Å²) in [5.74, 6) is 0.358. The molecule has 6 heteroatoms. The zero-order chi connectivity index (χ0) is 23.4. The van der Waals surface area contributed by atoms with Gasteiger partial charge in [-0.15, -0.1) is 0 Å². The van der Waals surface area contributed by atoms with Gasteiger partial charge in [0.2, 0.25) is 0 Å². The molecule has 34 heavy (non-hydrogen) atoms. The second kappa shape index (κ2) is 7.77. The highest BCUT2D eigenvalue weighted by Crippen LogP contribution is 2.51. The maximum absolute atomic E-state index is 13.3. The summed E-state index contributed by atoms with van der Waals surface area (Å²) in [6.07, 6.45) is 4.42. The van der Waals surface area contributed by atoms with Crippen molar-refractivity contribution in [1.82, 2.24) is 19.5 Å². The van der Waals surface area contributed by atoms with Gasteiger partial charge in [0, 0.05) is 30.8 Å². The van der Waals surface area contributed by atoms with Gasteiger partial charge in [0.15, 0.2) is 5.65 Å². The first-order valence-electron chi connectivity index (χ1n) is 12.0. The third kappa shape index (κ3) is 3.24. The maximum atomic E-state index is 13.3. The van der Waals surface area contributed by atoms with Gasteiger partial charge in [-0.05, 0) is 58.7 Å². The molecule has 1 aliphatic carbocycles. The monoisotopic (exact) mass is 452 g/mol. The lowest BCUT2D eigenvalue weighted by atomic mass is 9.80. The third-order valence-corrected chi connectivity index (χ3v) is 7.58. The lowest BCUT2D eigenvalue weighted by molar-refractivity contribution is 0.0771. The number of nitrogens with zero attached hydrogens (tertiary/aromatic N) is 4. The zero-order valence-corrected chi connectivity index (χ0v) is 19.5. The molecule has 3 heterocycles. The van der Waals surface area contributed by atoms with E-state index in [0.717, 1.165) is 17.5 Å². The van der Waals surface area contributed by atoms with Gasteiger partial charge in [0.1, 0.15) is 5.69 Å². The fourth-order valence-corrected chi connectivity index (χ4v) is 5.87. The molecule has 172 valence electrons. The molecule has 2 unspecified atom stereocenters. The SMILES string of the molecule is CC(C)c1ccccc1-c1ccc2c(c1)C(O)CC21CCN(C(=O)c2ccn3nccc3n2)C1. The fourth-order valence-electron chi connectivity index (χ4n) is 5.87. The summed E-state index contributed by atoms with van der Waals surface area (Å²) >= 11 is 0. The highest BCUT2D eigenvalue weighted by atomic mass is 16.3. The lowest BCUT2D eigenvalue weighted by Crippen LogP contribution is -2.34. The minimum absolute atomic E-state index is 0.0639. The number of aromatic nitrogens is 3. The van der Waals surface area contributed by atoms with Crippen molar-refractivity contribution in [2.75, 3.05) is 13.1 Å². The van der Waals surface area contributed by atoms with Gasteiger partial charge in [0.05, 0.1) is 12.3 Å². The van der Waals surface area contributed by atoms with Crippen molar-refractivity contribution in [2.24, 2.45) is 0 Å². The average Bonchev–Trinajstić information content (AvgIpc) is 3.56. The molecule has 0 radical (unpaired) electrons. The third-order valence-electron chi connectivity index (χ3n) is 7.58. The van der Waals surface area contributed by atoms with Crippen LogP contribution in [0.25, 0.3) is 16.8 Å². The molecule has 1 fully saturated rings. The summed E-state index contributed by atoms with van der Waals surface area (Å²) in [7, 11) is 0. The quantitative estimate of drug-likeness (QED) is 0.487. The Morgan fingerprint density at radius 1 is 1.15 bits per heavy atom. The largest absolute Gasteiger partial charge is 0.388 e. The van der Waals surface area contributed by atoms with Gasteiger partial charge >= 0.3 is 0 Å². The van der Waals surface area contributed by atoms with Crippen molar-refractivity contribution in [3.63, 3.8) is 0 Å².